The van der Waals surface area contributed by atoms with Crippen LogP contribution >= 0.6 is 0 Å². The van der Waals surface area contributed by atoms with Crippen LogP contribution in [0.25, 0.3) is 0 Å². The molecule has 5 nitrogen and oxygen atoms in total. The summed E-state index contributed by atoms with van der Waals surface area (Å²) in [7, 11) is 0. The summed E-state index contributed by atoms with van der Waals surface area (Å²) in [6.45, 7) is 9.78. The van der Waals surface area contributed by atoms with E-state index < -0.39 is 11.4 Å². The number of rotatable bonds is 8. The van der Waals surface area contributed by atoms with Crippen molar-refractivity contribution in [2.45, 2.75) is 73.1 Å². The van der Waals surface area contributed by atoms with Crippen LogP contribution in [0.1, 0.15) is 71.4 Å². The molecule has 0 bridgehead atoms. The summed E-state index contributed by atoms with van der Waals surface area (Å²) in [4.78, 5) is 11.2. The van der Waals surface area contributed by atoms with Crippen molar-refractivity contribution in [1.29, 1.82) is 0 Å². The Bertz CT molecular complexity index is 611. The van der Waals surface area contributed by atoms with Gasteiger partial charge in [-0.2, -0.15) is 0 Å². The van der Waals surface area contributed by atoms with Crippen LogP contribution < -0.4 is 0 Å². The molecule has 0 spiro atoms. The summed E-state index contributed by atoms with van der Waals surface area (Å²) < 4.78 is 0. The Hall–Kier alpha value is -1.91. The second-order valence-electron chi connectivity index (χ2n) is 8.68. The number of carboxylic acid groups (broad SMARTS) is 1. The Morgan fingerprint density at radius 2 is 1.40 bits per heavy atom. The molecule has 1 rings (SSSR count). The van der Waals surface area contributed by atoms with E-state index in [9.17, 15) is 25.2 Å². The lowest BCUT2D eigenvalue weighted by Gasteiger charge is -2.21. The van der Waals surface area contributed by atoms with E-state index in [0.717, 1.165) is 12.8 Å². The maximum absolute atomic E-state index is 11.2. The quantitative estimate of drug-likeness (QED) is 0.405. The molecule has 0 unspecified atom stereocenters. The zero-order valence-corrected chi connectivity index (χ0v) is 16.0. The number of benzene rings is 1. The van der Waals surface area contributed by atoms with Gasteiger partial charge in [0.05, 0.1) is 5.41 Å². The first kappa shape index (κ1) is 21.1. The van der Waals surface area contributed by atoms with Crippen molar-refractivity contribution in [3.05, 3.63) is 17.2 Å². The molecule has 25 heavy (non-hydrogen) atoms. The van der Waals surface area contributed by atoms with Crippen molar-refractivity contribution in [3.63, 3.8) is 0 Å². The fraction of sp³-hybridized carbons (Fsp3) is 0.650. The summed E-state index contributed by atoms with van der Waals surface area (Å²) in [5.41, 5.74) is 0.501. The van der Waals surface area contributed by atoms with E-state index in [2.05, 4.69) is 20.8 Å². The molecule has 0 aliphatic heterocycles. The van der Waals surface area contributed by atoms with Gasteiger partial charge in [0.15, 0.2) is 11.5 Å². The molecular formula is C20H32O5. The minimum Gasteiger partial charge on any atom is -0.508 e. The topological polar surface area (TPSA) is 98.0 Å². The second-order valence-corrected chi connectivity index (χ2v) is 8.68. The SMILES string of the molecule is CC(C)(C)CCCc1c(O)cc(O)c(O)c1CCCC(C)(C)C(=O)O. The van der Waals surface area contributed by atoms with Gasteiger partial charge in [-0.15, -0.1) is 0 Å². The molecule has 142 valence electrons. The molecule has 0 amide bonds. The van der Waals surface area contributed by atoms with Gasteiger partial charge in [0.1, 0.15) is 5.75 Å². The van der Waals surface area contributed by atoms with Crippen LogP contribution in [0.5, 0.6) is 17.2 Å². The molecule has 0 aromatic heterocycles. The van der Waals surface area contributed by atoms with Crippen molar-refractivity contribution < 1.29 is 25.2 Å². The second kappa shape index (κ2) is 7.98. The number of carboxylic acids is 1. The molecule has 0 aliphatic carbocycles. The van der Waals surface area contributed by atoms with Crippen molar-refractivity contribution in [2.75, 3.05) is 0 Å². The van der Waals surface area contributed by atoms with Gasteiger partial charge in [0.25, 0.3) is 0 Å². The maximum atomic E-state index is 11.2. The lowest BCUT2D eigenvalue weighted by atomic mass is 9.85. The number of aromatic hydroxyl groups is 3. The van der Waals surface area contributed by atoms with Gasteiger partial charge >= 0.3 is 5.97 Å². The molecule has 0 saturated carbocycles. The largest absolute Gasteiger partial charge is 0.508 e. The number of phenols is 3. The van der Waals surface area contributed by atoms with E-state index in [1.165, 1.54) is 6.07 Å². The molecule has 0 saturated heterocycles. The highest BCUT2D eigenvalue weighted by Crippen LogP contribution is 2.40. The van der Waals surface area contributed by atoms with Crippen molar-refractivity contribution in [2.24, 2.45) is 10.8 Å². The molecule has 0 fully saturated rings. The highest BCUT2D eigenvalue weighted by Gasteiger charge is 2.27. The number of carbonyl (C=O) groups is 1. The van der Waals surface area contributed by atoms with E-state index in [-0.39, 0.29) is 22.7 Å². The Morgan fingerprint density at radius 3 is 1.92 bits per heavy atom. The molecule has 1 aromatic rings. The minimum absolute atomic E-state index is 0.0169. The average molecular weight is 352 g/mol. The van der Waals surface area contributed by atoms with Crippen LogP contribution in [0.15, 0.2) is 6.07 Å². The Morgan fingerprint density at radius 1 is 0.880 bits per heavy atom. The third-order valence-corrected chi connectivity index (χ3v) is 4.64. The smallest absolute Gasteiger partial charge is 0.309 e. The van der Waals surface area contributed by atoms with Crippen molar-refractivity contribution >= 4 is 5.97 Å². The first-order chi connectivity index (χ1) is 11.3. The highest BCUT2D eigenvalue weighted by atomic mass is 16.4. The van der Waals surface area contributed by atoms with Gasteiger partial charge in [0.2, 0.25) is 0 Å². The molecule has 1 aromatic carbocycles. The lowest BCUT2D eigenvalue weighted by molar-refractivity contribution is -0.147. The third-order valence-electron chi connectivity index (χ3n) is 4.64. The lowest BCUT2D eigenvalue weighted by Crippen LogP contribution is -2.23. The van der Waals surface area contributed by atoms with Gasteiger partial charge in [-0.05, 0) is 57.8 Å². The van der Waals surface area contributed by atoms with Gasteiger partial charge in [-0.3, -0.25) is 4.79 Å². The highest BCUT2D eigenvalue weighted by molar-refractivity contribution is 5.73. The number of hydrogen-bond acceptors (Lipinski definition) is 4. The van der Waals surface area contributed by atoms with Gasteiger partial charge in [-0.1, -0.05) is 20.8 Å². The normalized spacial score (nSPS) is 12.4. The third kappa shape index (κ3) is 6.15. The van der Waals surface area contributed by atoms with Crippen molar-refractivity contribution in [3.8, 4) is 17.2 Å². The summed E-state index contributed by atoms with van der Waals surface area (Å²) in [5, 5.41) is 39.4. The minimum atomic E-state index is -0.860. The van der Waals surface area contributed by atoms with Gasteiger partial charge < -0.3 is 20.4 Å². The predicted molar refractivity (Wildman–Crippen MR) is 98.2 cm³/mol. The summed E-state index contributed by atoms with van der Waals surface area (Å²) in [6.07, 6.45) is 3.83. The summed E-state index contributed by atoms with van der Waals surface area (Å²) in [5.74, 6) is -1.43. The van der Waals surface area contributed by atoms with Gasteiger partial charge in [-0.25, -0.2) is 0 Å². The number of hydrogen-bond donors (Lipinski definition) is 4. The van der Waals surface area contributed by atoms with Crippen LogP contribution in [0.4, 0.5) is 0 Å². The maximum Gasteiger partial charge on any atom is 0.309 e. The molecule has 0 aliphatic rings. The monoisotopic (exact) mass is 352 g/mol. The van der Waals surface area contributed by atoms with Crippen LogP contribution in [0.2, 0.25) is 0 Å². The van der Waals surface area contributed by atoms with Crippen LogP contribution in [-0.2, 0) is 17.6 Å². The molecular weight excluding hydrogens is 320 g/mol. The zero-order valence-electron chi connectivity index (χ0n) is 16.0. The molecule has 4 N–H and O–H groups in total. The van der Waals surface area contributed by atoms with E-state index in [1.54, 1.807) is 13.8 Å². The molecule has 0 atom stereocenters. The fourth-order valence-electron chi connectivity index (χ4n) is 2.89. The average Bonchev–Trinajstić information content (AvgIpc) is 2.45. The Kier molecular flexibility index (Phi) is 6.75. The fourth-order valence-corrected chi connectivity index (χ4v) is 2.89. The Labute approximate surface area is 150 Å². The standard InChI is InChI=1S/C20H32O5/c1-19(2,3)10-6-8-13-14(17(23)16(22)12-15(13)21)9-7-11-20(4,5)18(24)25/h12,21-23H,6-11H2,1-5H3,(H,24,25). The van der Waals surface area contributed by atoms with E-state index in [1.807, 2.05) is 0 Å². The van der Waals surface area contributed by atoms with Crippen LogP contribution in [0.3, 0.4) is 0 Å². The van der Waals surface area contributed by atoms with E-state index in [4.69, 9.17) is 0 Å². The predicted octanol–water partition coefficient (Wildman–Crippen LogP) is 4.61. The first-order valence-corrected chi connectivity index (χ1v) is 8.84. The first-order valence-electron chi connectivity index (χ1n) is 8.84. The van der Waals surface area contributed by atoms with Crippen molar-refractivity contribution in [1.82, 2.24) is 0 Å². The molecule has 0 heterocycles. The van der Waals surface area contributed by atoms with Gasteiger partial charge in [0, 0.05) is 17.2 Å². The summed E-state index contributed by atoms with van der Waals surface area (Å²) in [6, 6.07) is 1.17. The van der Waals surface area contributed by atoms with E-state index >= 15 is 0 Å². The van der Waals surface area contributed by atoms with Crippen LogP contribution in [0, 0.1) is 10.8 Å². The van der Waals surface area contributed by atoms with Crippen LogP contribution in [-0.4, -0.2) is 26.4 Å². The zero-order chi connectivity index (χ0) is 19.4. The van der Waals surface area contributed by atoms with E-state index in [0.29, 0.717) is 36.8 Å². The molecule has 5 heteroatoms. The summed E-state index contributed by atoms with van der Waals surface area (Å²) >= 11 is 0. The molecule has 0 radical (unpaired) electrons. The number of aliphatic carboxylic acids is 1. The number of phenolic OH excluding ortho intramolecular Hbond substituents is 3. The Balaban J connectivity index is 2.94.